The average molecular weight is 458 g/mol. The Morgan fingerprint density at radius 2 is 1.68 bits per heavy atom. The van der Waals surface area contributed by atoms with Crippen molar-refractivity contribution in [2.45, 2.75) is 50.7 Å². The molecule has 0 unspecified atom stereocenters. The number of halogens is 1. The summed E-state index contributed by atoms with van der Waals surface area (Å²) in [5, 5.41) is 0. The zero-order valence-corrected chi connectivity index (χ0v) is 19.5. The topological polar surface area (TPSA) is 36.4 Å². The van der Waals surface area contributed by atoms with Crippen LogP contribution in [-0.2, 0) is 13.0 Å². The van der Waals surface area contributed by atoms with Crippen molar-refractivity contribution in [3.63, 3.8) is 0 Å². The number of pyridine rings is 1. The number of nitrogens with zero attached hydrogens (tertiary/aromatic N) is 3. The number of amides is 1. The summed E-state index contributed by atoms with van der Waals surface area (Å²) in [6, 6.07) is 23.5. The van der Waals surface area contributed by atoms with Crippen LogP contribution in [-0.4, -0.2) is 45.9 Å². The molecular formula is C29H32FN3O. The fraction of sp³-hybridized carbons (Fsp3) is 0.379. The van der Waals surface area contributed by atoms with Gasteiger partial charge in [0.1, 0.15) is 11.5 Å². The molecule has 2 fully saturated rings. The van der Waals surface area contributed by atoms with Crippen LogP contribution in [0.15, 0.2) is 79.0 Å². The number of piperidine rings is 1. The van der Waals surface area contributed by atoms with E-state index in [1.807, 2.05) is 30.3 Å². The second-order valence-electron chi connectivity index (χ2n) is 9.66. The first-order valence-corrected chi connectivity index (χ1v) is 12.4. The first-order valence-electron chi connectivity index (χ1n) is 12.4. The molecule has 1 aliphatic carbocycles. The Labute approximate surface area is 201 Å². The lowest BCUT2D eigenvalue weighted by molar-refractivity contribution is 0.0477. The molecule has 1 amide bonds. The van der Waals surface area contributed by atoms with E-state index >= 15 is 0 Å². The first kappa shape index (κ1) is 22.7. The number of benzene rings is 2. The highest BCUT2D eigenvalue weighted by Crippen LogP contribution is 2.36. The third kappa shape index (κ3) is 5.53. The van der Waals surface area contributed by atoms with Crippen molar-refractivity contribution >= 4 is 5.91 Å². The second-order valence-corrected chi connectivity index (χ2v) is 9.66. The average Bonchev–Trinajstić information content (AvgIpc) is 3.71. The molecule has 1 aromatic heterocycles. The Kier molecular flexibility index (Phi) is 7.00. The van der Waals surface area contributed by atoms with Crippen molar-refractivity contribution < 1.29 is 9.18 Å². The molecule has 5 rings (SSSR count). The quantitative estimate of drug-likeness (QED) is 0.458. The van der Waals surface area contributed by atoms with E-state index in [0.717, 1.165) is 57.3 Å². The smallest absolute Gasteiger partial charge is 0.272 e. The van der Waals surface area contributed by atoms with Crippen LogP contribution in [0.2, 0.25) is 0 Å². The molecule has 1 saturated heterocycles. The minimum absolute atomic E-state index is 0.0613. The Bertz CT molecular complexity index is 1080. The standard InChI is InChI=1S/C29H32FN3O/c30-25-10-6-9-23(19-25)21-32-17-14-24(15-18-32)28(20-22-7-2-1-3-8-22)33(26-12-13-26)29(34)27-11-4-5-16-31-27/h1-11,16,19,24,26,28H,12-15,17-18,20-21H2/t28-/m1/s1. The van der Waals surface area contributed by atoms with Gasteiger partial charge in [-0.25, -0.2) is 4.39 Å². The Balaban J connectivity index is 1.34. The number of likely N-dealkylation sites (tertiary alicyclic amines) is 1. The molecule has 34 heavy (non-hydrogen) atoms. The molecule has 0 N–H and O–H groups in total. The highest BCUT2D eigenvalue weighted by molar-refractivity contribution is 5.93. The molecule has 0 bridgehead atoms. The van der Waals surface area contributed by atoms with Gasteiger partial charge in [0.05, 0.1) is 0 Å². The van der Waals surface area contributed by atoms with E-state index in [0.29, 0.717) is 17.7 Å². The molecular weight excluding hydrogens is 425 g/mol. The van der Waals surface area contributed by atoms with E-state index < -0.39 is 0 Å². The Morgan fingerprint density at radius 3 is 2.35 bits per heavy atom. The van der Waals surface area contributed by atoms with E-state index in [4.69, 9.17) is 0 Å². The minimum Gasteiger partial charge on any atom is -0.331 e. The van der Waals surface area contributed by atoms with Gasteiger partial charge >= 0.3 is 0 Å². The highest BCUT2D eigenvalue weighted by Gasteiger charge is 2.42. The van der Waals surface area contributed by atoms with Gasteiger partial charge in [-0.2, -0.15) is 0 Å². The molecule has 0 spiro atoms. The van der Waals surface area contributed by atoms with Crippen LogP contribution in [0.5, 0.6) is 0 Å². The minimum atomic E-state index is -0.177. The lowest BCUT2D eigenvalue weighted by Gasteiger charge is -2.42. The fourth-order valence-electron chi connectivity index (χ4n) is 5.30. The van der Waals surface area contributed by atoms with E-state index in [2.05, 4.69) is 39.0 Å². The van der Waals surface area contributed by atoms with Gasteiger partial charge in [-0.05, 0) is 86.5 Å². The summed E-state index contributed by atoms with van der Waals surface area (Å²) in [6.07, 6.45) is 6.78. The number of carbonyl (C=O) groups excluding carboxylic acids is 1. The Morgan fingerprint density at radius 1 is 0.941 bits per heavy atom. The summed E-state index contributed by atoms with van der Waals surface area (Å²) >= 11 is 0. The highest BCUT2D eigenvalue weighted by atomic mass is 19.1. The summed E-state index contributed by atoms with van der Waals surface area (Å²) < 4.78 is 13.6. The molecule has 4 nitrogen and oxygen atoms in total. The zero-order chi connectivity index (χ0) is 23.3. The number of hydrogen-bond acceptors (Lipinski definition) is 3. The van der Waals surface area contributed by atoms with Crippen LogP contribution >= 0.6 is 0 Å². The van der Waals surface area contributed by atoms with Gasteiger partial charge < -0.3 is 4.90 Å². The molecule has 2 aliphatic rings. The van der Waals surface area contributed by atoms with Crippen LogP contribution in [0, 0.1) is 11.7 Å². The summed E-state index contributed by atoms with van der Waals surface area (Å²) in [6.45, 7) is 2.69. The largest absolute Gasteiger partial charge is 0.331 e. The maximum Gasteiger partial charge on any atom is 0.272 e. The van der Waals surface area contributed by atoms with Crippen LogP contribution in [0.4, 0.5) is 4.39 Å². The third-order valence-electron chi connectivity index (χ3n) is 7.18. The summed E-state index contributed by atoms with van der Waals surface area (Å²) in [5.74, 6) is 0.312. The molecule has 1 aliphatic heterocycles. The van der Waals surface area contributed by atoms with Crippen LogP contribution in [0.1, 0.15) is 47.3 Å². The second kappa shape index (κ2) is 10.5. The van der Waals surface area contributed by atoms with Gasteiger partial charge in [0.25, 0.3) is 5.91 Å². The number of carbonyl (C=O) groups is 1. The lowest BCUT2D eigenvalue weighted by atomic mass is 9.84. The number of hydrogen-bond donors (Lipinski definition) is 0. The van der Waals surface area contributed by atoms with Crippen molar-refractivity contribution in [3.8, 4) is 0 Å². The van der Waals surface area contributed by atoms with Crippen molar-refractivity contribution in [2.24, 2.45) is 5.92 Å². The maximum absolute atomic E-state index is 13.7. The summed E-state index contributed by atoms with van der Waals surface area (Å²) in [4.78, 5) is 22.6. The molecule has 2 heterocycles. The predicted octanol–water partition coefficient (Wildman–Crippen LogP) is 5.35. The van der Waals surface area contributed by atoms with Crippen molar-refractivity contribution in [1.29, 1.82) is 0 Å². The molecule has 0 radical (unpaired) electrons. The van der Waals surface area contributed by atoms with E-state index in [1.54, 1.807) is 18.3 Å². The normalized spacial score (nSPS) is 17.9. The van der Waals surface area contributed by atoms with E-state index in [9.17, 15) is 9.18 Å². The first-order chi connectivity index (χ1) is 16.7. The summed E-state index contributed by atoms with van der Waals surface area (Å²) in [7, 11) is 0. The van der Waals surface area contributed by atoms with Gasteiger partial charge in [-0.1, -0.05) is 48.5 Å². The molecule has 1 atom stereocenters. The fourth-order valence-corrected chi connectivity index (χ4v) is 5.30. The molecule has 1 saturated carbocycles. The van der Waals surface area contributed by atoms with Crippen molar-refractivity contribution in [1.82, 2.24) is 14.8 Å². The predicted molar refractivity (Wildman–Crippen MR) is 132 cm³/mol. The van der Waals surface area contributed by atoms with Crippen LogP contribution in [0.3, 0.4) is 0 Å². The SMILES string of the molecule is O=C(c1ccccn1)N(C1CC1)[C@H](Cc1ccccc1)C1CCN(Cc2cccc(F)c2)CC1. The van der Waals surface area contributed by atoms with Gasteiger partial charge in [0, 0.05) is 24.8 Å². The van der Waals surface area contributed by atoms with Crippen LogP contribution < -0.4 is 0 Å². The Hall–Kier alpha value is -3.05. The van der Waals surface area contributed by atoms with Crippen LogP contribution in [0.25, 0.3) is 0 Å². The summed E-state index contributed by atoms with van der Waals surface area (Å²) in [5.41, 5.74) is 2.83. The van der Waals surface area contributed by atoms with Crippen molar-refractivity contribution in [2.75, 3.05) is 13.1 Å². The number of aromatic nitrogens is 1. The molecule has 3 aromatic rings. The monoisotopic (exact) mass is 457 g/mol. The third-order valence-corrected chi connectivity index (χ3v) is 7.18. The maximum atomic E-state index is 13.7. The lowest BCUT2D eigenvalue weighted by Crippen LogP contribution is -2.50. The van der Waals surface area contributed by atoms with E-state index in [1.165, 1.54) is 11.6 Å². The van der Waals surface area contributed by atoms with Gasteiger partial charge in [0.15, 0.2) is 0 Å². The van der Waals surface area contributed by atoms with Gasteiger partial charge in [-0.15, -0.1) is 0 Å². The van der Waals surface area contributed by atoms with Gasteiger partial charge in [-0.3, -0.25) is 14.7 Å². The number of rotatable bonds is 8. The zero-order valence-electron chi connectivity index (χ0n) is 19.5. The molecule has 5 heteroatoms. The van der Waals surface area contributed by atoms with E-state index in [-0.39, 0.29) is 17.8 Å². The van der Waals surface area contributed by atoms with Gasteiger partial charge in [0.2, 0.25) is 0 Å². The molecule has 2 aromatic carbocycles. The molecule has 176 valence electrons. The van der Waals surface area contributed by atoms with Crippen molar-refractivity contribution in [3.05, 3.63) is 102 Å².